The summed E-state index contributed by atoms with van der Waals surface area (Å²) in [5, 5.41) is 3.40. The maximum Gasteiger partial charge on any atom is 0.194 e. The molecule has 1 aromatic rings. The van der Waals surface area contributed by atoms with Crippen molar-refractivity contribution in [3.63, 3.8) is 0 Å². The Morgan fingerprint density at radius 3 is 2.45 bits per heavy atom. The van der Waals surface area contributed by atoms with Crippen LogP contribution in [0.4, 0.5) is 0 Å². The smallest absolute Gasteiger partial charge is 0.194 e. The molecule has 0 aliphatic carbocycles. The first-order valence-corrected chi connectivity index (χ1v) is 10.1. The molecule has 1 unspecified atom stereocenters. The van der Waals surface area contributed by atoms with Crippen LogP contribution >= 0.6 is 0 Å². The summed E-state index contributed by atoms with van der Waals surface area (Å²) in [5.41, 5.74) is 0.944. The van der Waals surface area contributed by atoms with E-state index < -0.39 is 0 Å². The minimum Gasteiger partial charge on any atom is -0.496 e. The summed E-state index contributed by atoms with van der Waals surface area (Å²) in [5.74, 6) is 3.45. The van der Waals surface area contributed by atoms with Gasteiger partial charge in [0.05, 0.1) is 47.7 Å². The SMILES string of the molecule is CCNC(=NCc1cc(OC)c(OC)cc1OC)N1CCC(COCCOC)C1. The van der Waals surface area contributed by atoms with E-state index in [1.807, 2.05) is 12.1 Å². The quantitative estimate of drug-likeness (QED) is 0.341. The summed E-state index contributed by atoms with van der Waals surface area (Å²) in [6, 6.07) is 3.75. The normalized spacial score (nSPS) is 16.8. The van der Waals surface area contributed by atoms with Crippen LogP contribution in [0.15, 0.2) is 17.1 Å². The average Bonchev–Trinajstić information content (AvgIpc) is 3.22. The van der Waals surface area contributed by atoms with Crippen molar-refractivity contribution in [2.45, 2.75) is 19.9 Å². The van der Waals surface area contributed by atoms with Gasteiger partial charge in [-0.2, -0.15) is 0 Å². The molecule has 1 aliphatic rings. The topological polar surface area (TPSA) is 73.8 Å². The summed E-state index contributed by atoms with van der Waals surface area (Å²) in [6.07, 6.45) is 1.09. The zero-order chi connectivity index (χ0) is 21.1. The first-order valence-electron chi connectivity index (χ1n) is 10.1. The molecule has 8 nitrogen and oxygen atoms in total. The molecular weight excluding hydrogens is 374 g/mol. The first kappa shape index (κ1) is 23.1. The number of rotatable bonds is 11. The van der Waals surface area contributed by atoms with Gasteiger partial charge < -0.3 is 33.9 Å². The van der Waals surface area contributed by atoms with E-state index in [2.05, 4.69) is 17.1 Å². The second-order valence-electron chi connectivity index (χ2n) is 6.86. The van der Waals surface area contributed by atoms with E-state index in [0.29, 0.717) is 37.2 Å². The van der Waals surface area contributed by atoms with Gasteiger partial charge in [-0.15, -0.1) is 0 Å². The number of hydrogen-bond donors (Lipinski definition) is 1. The summed E-state index contributed by atoms with van der Waals surface area (Å²) >= 11 is 0. The number of likely N-dealkylation sites (tertiary alicyclic amines) is 1. The number of nitrogens with one attached hydrogen (secondary N) is 1. The maximum atomic E-state index is 5.70. The van der Waals surface area contributed by atoms with Crippen LogP contribution < -0.4 is 19.5 Å². The van der Waals surface area contributed by atoms with Crippen LogP contribution in [0.3, 0.4) is 0 Å². The second kappa shape index (κ2) is 12.4. The largest absolute Gasteiger partial charge is 0.496 e. The van der Waals surface area contributed by atoms with Crippen LogP contribution in [-0.2, 0) is 16.0 Å². The van der Waals surface area contributed by atoms with Crippen molar-refractivity contribution in [2.75, 3.05) is 67.9 Å². The zero-order valence-corrected chi connectivity index (χ0v) is 18.3. The molecule has 1 atom stereocenters. The Bertz CT molecular complexity index is 653. The predicted molar refractivity (Wildman–Crippen MR) is 113 cm³/mol. The molecule has 0 bridgehead atoms. The molecule has 1 saturated heterocycles. The molecule has 1 N–H and O–H groups in total. The fraction of sp³-hybridized carbons (Fsp3) is 0.667. The third kappa shape index (κ3) is 6.68. The third-order valence-electron chi connectivity index (χ3n) is 4.89. The molecular formula is C21H35N3O5. The predicted octanol–water partition coefficient (Wildman–Crippen LogP) is 2.16. The molecule has 2 rings (SSSR count). The minimum absolute atomic E-state index is 0.483. The van der Waals surface area contributed by atoms with Crippen LogP contribution in [0.5, 0.6) is 17.2 Å². The number of nitrogens with zero attached hydrogens (tertiary/aromatic N) is 2. The van der Waals surface area contributed by atoms with Crippen molar-refractivity contribution in [1.82, 2.24) is 10.2 Å². The summed E-state index contributed by atoms with van der Waals surface area (Å²) < 4.78 is 27.0. The number of benzene rings is 1. The van der Waals surface area contributed by atoms with Gasteiger partial charge in [-0.25, -0.2) is 4.99 Å². The van der Waals surface area contributed by atoms with E-state index in [-0.39, 0.29) is 0 Å². The van der Waals surface area contributed by atoms with E-state index in [0.717, 1.165) is 49.9 Å². The van der Waals surface area contributed by atoms with Crippen molar-refractivity contribution < 1.29 is 23.7 Å². The van der Waals surface area contributed by atoms with Gasteiger partial charge in [-0.05, 0) is 19.4 Å². The van der Waals surface area contributed by atoms with Crippen molar-refractivity contribution >= 4 is 5.96 Å². The lowest BCUT2D eigenvalue weighted by molar-refractivity contribution is 0.0536. The van der Waals surface area contributed by atoms with Crippen molar-refractivity contribution in [3.8, 4) is 17.2 Å². The van der Waals surface area contributed by atoms with Crippen molar-refractivity contribution in [3.05, 3.63) is 17.7 Å². The van der Waals surface area contributed by atoms with E-state index in [4.69, 9.17) is 28.7 Å². The molecule has 1 aromatic carbocycles. The fourth-order valence-corrected chi connectivity index (χ4v) is 3.36. The highest BCUT2D eigenvalue weighted by atomic mass is 16.5. The van der Waals surface area contributed by atoms with Gasteiger partial charge in [-0.3, -0.25) is 0 Å². The van der Waals surface area contributed by atoms with Gasteiger partial charge in [0.15, 0.2) is 17.5 Å². The van der Waals surface area contributed by atoms with Gasteiger partial charge in [-0.1, -0.05) is 0 Å². The molecule has 1 fully saturated rings. The van der Waals surface area contributed by atoms with E-state index in [9.17, 15) is 0 Å². The highest BCUT2D eigenvalue weighted by Gasteiger charge is 2.25. The summed E-state index contributed by atoms with van der Waals surface area (Å²) in [4.78, 5) is 7.14. The molecule has 0 spiro atoms. The molecule has 0 radical (unpaired) electrons. The maximum absolute atomic E-state index is 5.70. The highest BCUT2D eigenvalue weighted by Crippen LogP contribution is 2.35. The summed E-state index contributed by atoms with van der Waals surface area (Å²) in [7, 11) is 6.57. The van der Waals surface area contributed by atoms with E-state index in [1.165, 1.54) is 0 Å². The minimum atomic E-state index is 0.483. The van der Waals surface area contributed by atoms with Crippen LogP contribution in [-0.4, -0.2) is 78.8 Å². The lowest BCUT2D eigenvalue weighted by atomic mass is 10.1. The molecule has 1 heterocycles. The Morgan fingerprint density at radius 2 is 1.79 bits per heavy atom. The lowest BCUT2D eigenvalue weighted by Gasteiger charge is -2.22. The van der Waals surface area contributed by atoms with Crippen molar-refractivity contribution in [2.24, 2.45) is 10.9 Å². The molecule has 8 heteroatoms. The second-order valence-corrected chi connectivity index (χ2v) is 6.86. The van der Waals surface area contributed by atoms with E-state index >= 15 is 0 Å². The Balaban J connectivity index is 2.06. The van der Waals surface area contributed by atoms with Crippen LogP contribution in [0, 0.1) is 5.92 Å². The molecule has 0 aromatic heterocycles. The third-order valence-corrected chi connectivity index (χ3v) is 4.89. The van der Waals surface area contributed by atoms with Crippen molar-refractivity contribution in [1.29, 1.82) is 0 Å². The number of guanidine groups is 1. The summed E-state index contributed by atoms with van der Waals surface area (Å²) in [6.45, 7) is 7.30. The molecule has 164 valence electrons. The van der Waals surface area contributed by atoms with Gasteiger partial charge in [0.2, 0.25) is 0 Å². The zero-order valence-electron chi connectivity index (χ0n) is 18.3. The molecule has 1 aliphatic heterocycles. The number of aliphatic imine (C=N–C) groups is 1. The van der Waals surface area contributed by atoms with Gasteiger partial charge >= 0.3 is 0 Å². The van der Waals surface area contributed by atoms with Crippen LogP contribution in [0.25, 0.3) is 0 Å². The monoisotopic (exact) mass is 409 g/mol. The lowest BCUT2D eigenvalue weighted by Crippen LogP contribution is -2.40. The first-order chi connectivity index (χ1) is 14.2. The van der Waals surface area contributed by atoms with E-state index in [1.54, 1.807) is 28.4 Å². The average molecular weight is 410 g/mol. The van der Waals surface area contributed by atoms with Gasteiger partial charge in [0.25, 0.3) is 0 Å². The molecule has 0 amide bonds. The molecule has 0 saturated carbocycles. The Kier molecular flexibility index (Phi) is 9.87. The Labute approximate surface area is 174 Å². The van der Waals surface area contributed by atoms with Crippen LogP contribution in [0.1, 0.15) is 18.9 Å². The van der Waals surface area contributed by atoms with Crippen LogP contribution in [0.2, 0.25) is 0 Å². The molecule has 29 heavy (non-hydrogen) atoms. The van der Waals surface area contributed by atoms with Gasteiger partial charge in [0.1, 0.15) is 5.75 Å². The number of ether oxygens (including phenoxy) is 5. The standard InChI is InChI=1S/C21H35N3O5/c1-6-22-21(24-8-7-16(14-24)15-29-10-9-25-2)23-13-17-11-19(27-4)20(28-5)12-18(17)26-3/h11-12,16H,6-10,13-15H2,1-5H3,(H,22,23). The Morgan fingerprint density at radius 1 is 1.07 bits per heavy atom. The van der Waals surface area contributed by atoms with Gasteiger partial charge in [0, 0.05) is 44.3 Å². The fourth-order valence-electron chi connectivity index (χ4n) is 3.36. The Hall–Kier alpha value is -2.19. The highest BCUT2D eigenvalue weighted by molar-refractivity contribution is 5.80. The number of hydrogen-bond acceptors (Lipinski definition) is 6. The number of methoxy groups -OCH3 is 4.